The van der Waals surface area contributed by atoms with Crippen molar-refractivity contribution >= 4 is 17.9 Å². The lowest BCUT2D eigenvalue weighted by atomic mass is 9.98. The van der Waals surface area contributed by atoms with Gasteiger partial charge in [-0.2, -0.15) is 0 Å². The van der Waals surface area contributed by atoms with Crippen molar-refractivity contribution in [1.82, 2.24) is 4.90 Å². The van der Waals surface area contributed by atoms with E-state index in [0.717, 1.165) is 18.6 Å². The Bertz CT molecular complexity index is 692. The number of benzene rings is 2. The average molecular weight is 357 g/mol. The Kier molecular flexibility index (Phi) is 5.87. The maximum absolute atomic E-state index is 10.9. The monoisotopic (exact) mass is 357 g/mol. The lowest BCUT2D eigenvalue weighted by molar-refractivity contribution is 0.111. The van der Waals surface area contributed by atoms with Crippen molar-refractivity contribution in [2.24, 2.45) is 5.92 Å². The highest BCUT2D eigenvalue weighted by Crippen LogP contribution is 2.26. The molecule has 0 spiro atoms. The van der Waals surface area contributed by atoms with Crippen LogP contribution in [0.1, 0.15) is 12.8 Å². The molecule has 0 aromatic heterocycles. The van der Waals surface area contributed by atoms with Crippen molar-refractivity contribution in [2.75, 3.05) is 26.0 Å². The lowest BCUT2D eigenvalue weighted by Crippen LogP contribution is -2.38. The van der Waals surface area contributed by atoms with Gasteiger partial charge in [0.1, 0.15) is 5.75 Å². The zero-order valence-corrected chi connectivity index (χ0v) is 15.2. The topological polar surface area (TPSA) is 49.8 Å². The number of likely N-dealkylation sites (tertiary alicyclic amines) is 1. The van der Waals surface area contributed by atoms with E-state index in [4.69, 9.17) is 9.84 Å². The van der Waals surface area contributed by atoms with Crippen LogP contribution in [0.4, 0.5) is 4.79 Å². The second-order valence-corrected chi connectivity index (χ2v) is 7.16. The molecule has 0 atom stereocenters. The van der Waals surface area contributed by atoms with Crippen molar-refractivity contribution < 1.29 is 14.6 Å². The molecule has 25 heavy (non-hydrogen) atoms. The fourth-order valence-electron chi connectivity index (χ4n) is 3.03. The van der Waals surface area contributed by atoms with Gasteiger partial charge in [0.05, 0.1) is 6.61 Å². The Morgan fingerprint density at radius 2 is 1.64 bits per heavy atom. The fourth-order valence-corrected chi connectivity index (χ4v) is 3.44. The summed E-state index contributed by atoms with van der Waals surface area (Å²) in [4.78, 5) is 13.7. The second kappa shape index (κ2) is 8.30. The molecule has 4 nitrogen and oxygen atoms in total. The normalized spacial score (nSPS) is 15.2. The molecule has 1 aliphatic rings. The zero-order valence-electron chi connectivity index (χ0n) is 14.4. The Morgan fingerprint density at radius 1 is 1.08 bits per heavy atom. The first kappa shape index (κ1) is 17.7. The molecule has 1 N–H and O–H groups in total. The van der Waals surface area contributed by atoms with Gasteiger partial charge in [-0.05, 0) is 60.4 Å². The van der Waals surface area contributed by atoms with Gasteiger partial charge >= 0.3 is 6.09 Å². The van der Waals surface area contributed by atoms with Gasteiger partial charge in [0.2, 0.25) is 0 Å². The highest BCUT2D eigenvalue weighted by Gasteiger charge is 2.22. The Morgan fingerprint density at radius 3 is 2.16 bits per heavy atom. The van der Waals surface area contributed by atoms with Gasteiger partial charge in [0, 0.05) is 18.0 Å². The first-order valence-corrected chi connectivity index (χ1v) is 9.73. The molecular weight excluding hydrogens is 334 g/mol. The third-order valence-corrected chi connectivity index (χ3v) is 5.39. The van der Waals surface area contributed by atoms with E-state index in [0.29, 0.717) is 25.6 Å². The maximum Gasteiger partial charge on any atom is 0.407 e. The second-order valence-electron chi connectivity index (χ2n) is 6.28. The van der Waals surface area contributed by atoms with Crippen molar-refractivity contribution in [3.63, 3.8) is 0 Å². The molecule has 1 aliphatic heterocycles. The van der Waals surface area contributed by atoms with Gasteiger partial charge in [-0.25, -0.2) is 4.79 Å². The van der Waals surface area contributed by atoms with E-state index in [-0.39, 0.29) is 0 Å². The summed E-state index contributed by atoms with van der Waals surface area (Å²) in [6.07, 6.45) is 2.99. The number of hydrogen-bond donors (Lipinski definition) is 1. The van der Waals surface area contributed by atoms with Crippen molar-refractivity contribution in [2.45, 2.75) is 17.7 Å². The summed E-state index contributed by atoms with van der Waals surface area (Å²) in [6, 6.07) is 16.7. The number of carbonyl (C=O) groups is 1. The fraction of sp³-hybridized carbons (Fsp3) is 0.350. The van der Waals surface area contributed by atoms with Crippen LogP contribution in [0.5, 0.6) is 5.75 Å². The Balaban J connectivity index is 1.52. The van der Waals surface area contributed by atoms with E-state index in [9.17, 15) is 4.79 Å². The predicted octanol–water partition coefficient (Wildman–Crippen LogP) is 4.84. The number of thioether (sulfide) groups is 1. The van der Waals surface area contributed by atoms with Crippen LogP contribution in [0.2, 0.25) is 0 Å². The van der Waals surface area contributed by atoms with E-state index in [1.807, 2.05) is 12.1 Å². The van der Waals surface area contributed by atoms with E-state index < -0.39 is 6.09 Å². The van der Waals surface area contributed by atoms with E-state index in [1.165, 1.54) is 20.9 Å². The Labute approximate surface area is 152 Å². The highest BCUT2D eigenvalue weighted by molar-refractivity contribution is 7.98. The van der Waals surface area contributed by atoms with Crippen LogP contribution in [-0.4, -0.2) is 42.1 Å². The molecular formula is C20H23NO3S. The van der Waals surface area contributed by atoms with Gasteiger partial charge in [0.15, 0.2) is 0 Å². The minimum absolute atomic E-state index is 0.425. The smallest absolute Gasteiger partial charge is 0.407 e. The van der Waals surface area contributed by atoms with E-state index in [1.54, 1.807) is 11.8 Å². The number of amides is 1. The van der Waals surface area contributed by atoms with Crippen LogP contribution in [0.15, 0.2) is 53.4 Å². The molecule has 1 saturated heterocycles. The van der Waals surface area contributed by atoms with Crippen LogP contribution in [0.3, 0.4) is 0 Å². The largest absolute Gasteiger partial charge is 0.493 e. The number of nitrogens with zero attached hydrogens (tertiary/aromatic N) is 1. The van der Waals surface area contributed by atoms with Crippen LogP contribution in [0, 0.1) is 5.92 Å². The average Bonchev–Trinajstić information content (AvgIpc) is 2.67. The van der Waals surface area contributed by atoms with Gasteiger partial charge in [-0.3, -0.25) is 0 Å². The van der Waals surface area contributed by atoms with Crippen LogP contribution >= 0.6 is 11.8 Å². The lowest BCUT2D eigenvalue weighted by Gasteiger charge is -2.29. The molecule has 0 saturated carbocycles. The van der Waals surface area contributed by atoms with Crippen LogP contribution in [-0.2, 0) is 0 Å². The maximum atomic E-state index is 10.9. The van der Waals surface area contributed by atoms with Gasteiger partial charge in [-0.15, -0.1) is 11.8 Å². The summed E-state index contributed by atoms with van der Waals surface area (Å²) in [5, 5.41) is 8.98. The molecule has 2 aromatic rings. The molecule has 0 unspecified atom stereocenters. The third kappa shape index (κ3) is 4.69. The minimum Gasteiger partial charge on any atom is -0.493 e. The molecule has 5 heteroatoms. The highest BCUT2D eigenvalue weighted by atomic mass is 32.2. The summed E-state index contributed by atoms with van der Waals surface area (Å²) in [5.41, 5.74) is 2.38. The van der Waals surface area contributed by atoms with Gasteiger partial charge < -0.3 is 14.7 Å². The summed E-state index contributed by atoms with van der Waals surface area (Å²) in [7, 11) is 0. The molecule has 1 fully saturated rings. The summed E-state index contributed by atoms with van der Waals surface area (Å²) in [6.45, 7) is 1.86. The molecule has 1 heterocycles. The van der Waals surface area contributed by atoms with E-state index >= 15 is 0 Å². The number of carboxylic acid groups (broad SMARTS) is 1. The van der Waals surface area contributed by atoms with Crippen molar-refractivity contribution in [1.29, 1.82) is 0 Å². The molecule has 1 amide bonds. The summed E-state index contributed by atoms with van der Waals surface area (Å²) >= 11 is 1.74. The number of hydrogen-bond acceptors (Lipinski definition) is 3. The molecule has 0 aliphatic carbocycles. The SMILES string of the molecule is CSc1ccc(-c2ccc(OCC3CCN(C(=O)O)CC3)cc2)cc1. The van der Waals surface area contributed by atoms with Crippen molar-refractivity contribution in [3.8, 4) is 16.9 Å². The molecule has 2 aromatic carbocycles. The molecule has 132 valence electrons. The summed E-state index contributed by atoms with van der Waals surface area (Å²) in [5.74, 6) is 1.29. The van der Waals surface area contributed by atoms with E-state index in [2.05, 4.69) is 42.7 Å². The predicted molar refractivity (Wildman–Crippen MR) is 101 cm³/mol. The number of rotatable bonds is 5. The first-order valence-electron chi connectivity index (χ1n) is 8.51. The number of piperidine rings is 1. The zero-order chi connectivity index (χ0) is 17.6. The van der Waals surface area contributed by atoms with Crippen molar-refractivity contribution in [3.05, 3.63) is 48.5 Å². The minimum atomic E-state index is -0.819. The first-order chi connectivity index (χ1) is 12.2. The molecule has 3 rings (SSSR count). The molecule has 0 radical (unpaired) electrons. The number of ether oxygens (including phenoxy) is 1. The van der Waals surface area contributed by atoms with Crippen LogP contribution in [0.25, 0.3) is 11.1 Å². The van der Waals surface area contributed by atoms with Crippen LogP contribution < -0.4 is 4.74 Å². The van der Waals surface area contributed by atoms with Gasteiger partial charge in [-0.1, -0.05) is 24.3 Å². The third-order valence-electron chi connectivity index (χ3n) is 4.65. The Hall–Kier alpha value is -2.14. The molecule has 0 bridgehead atoms. The van der Waals surface area contributed by atoms with Gasteiger partial charge in [0.25, 0.3) is 0 Å². The quantitative estimate of drug-likeness (QED) is 0.778. The summed E-state index contributed by atoms with van der Waals surface area (Å²) < 4.78 is 5.90. The standard InChI is InChI=1S/C20H23NO3S/c1-25-19-8-4-17(5-9-19)16-2-6-18(7-3-16)24-14-15-10-12-21(13-11-15)20(22)23/h2-9,15H,10-14H2,1H3,(H,22,23).